The van der Waals surface area contributed by atoms with Crippen LogP contribution >= 0.6 is 11.3 Å². The molecule has 1 aromatic carbocycles. The van der Waals surface area contributed by atoms with Gasteiger partial charge in [-0.1, -0.05) is 11.3 Å². The molecule has 6 heteroatoms. The van der Waals surface area contributed by atoms with Crippen LogP contribution in [-0.2, 0) is 0 Å². The number of nitrogens with zero attached hydrogens (tertiary/aromatic N) is 2. The molecule has 2 aliphatic rings. The fraction of sp³-hybridized carbons (Fsp3) is 0.412. The van der Waals surface area contributed by atoms with Crippen molar-refractivity contribution in [1.29, 1.82) is 0 Å². The Hall–Kier alpha value is -1.92. The summed E-state index contributed by atoms with van der Waals surface area (Å²) >= 11 is 1.44. The molecule has 4 rings (SSSR count). The van der Waals surface area contributed by atoms with Crippen molar-refractivity contribution in [2.75, 3.05) is 19.6 Å². The lowest BCUT2D eigenvalue weighted by Crippen LogP contribution is -2.46. The van der Waals surface area contributed by atoms with Crippen molar-refractivity contribution >= 4 is 17.2 Å². The van der Waals surface area contributed by atoms with Gasteiger partial charge in [0.1, 0.15) is 5.75 Å². The van der Waals surface area contributed by atoms with Crippen molar-refractivity contribution in [3.05, 3.63) is 41.5 Å². The van der Waals surface area contributed by atoms with E-state index >= 15 is 0 Å². The average molecular weight is 329 g/mol. The SMILES string of the molecule is O=C(N[C@@H]1C[C@H]2CCN(C2)C1)c1ccc(Oc2cncs2)cc1. The number of aromatic nitrogens is 1. The molecule has 120 valence electrons. The highest BCUT2D eigenvalue weighted by Crippen LogP contribution is 2.27. The Morgan fingerprint density at radius 1 is 1.30 bits per heavy atom. The number of rotatable bonds is 4. The third-order valence-corrected chi connectivity index (χ3v) is 5.19. The topological polar surface area (TPSA) is 54.5 Å². The highest BCUT2D eigenvalue weighted by molar-refractivity contribution is 7.11. The third kappa shape index (κ3) is 3.38. The van der Waals surface area contributed by atoms with Gasteiger partial charge in [-0.25, -0.2) is 4.98 Å². The van der Waals surface area contributed by atoms with E-state index in [1.54, 1.807) is 11.7 Å². The second-order valence-corrected chi connectivity index (χ2v) is 7.12. The number of carbonyl (C=O) groups is 1. The maximum atomic E-state index is 12.4. The Bertz CT molecular complexity index is 660. The Morgan fingerprint density at radius 2 is 2.17 bits per heavy atom. The Kier molecular flexibility index (Phi) is 4.01. The van der Waals surface area contributed by atoms with Crippen LogP contribution in [0, 0.1) is 5.92 Å². The summed E-state index contributed by atoms with van der Waals surface area (Å²) in [6, 6.07) is 7.54. The number of fused-ring (bicyclic) bond motifs is 2. The van der Waals surface area contributed by atoms with Gasteiger partial charge in [0.2, 0.25) is 5.06 Å². The van der Waals surface area contributed by atoms with Crippen LogP contribution in [-0.4, -0.2) is 41.5 Å². The van der Waals surface area contributed by atoms with Crippen molar-refractivity contribution < 1.29 is 9.53 Å². The predicted octanol–water partition coefficient (Wildman–Crippen LogP) is 2.76. The molecule has 5 nitrogen and oxygen atoms in total. The van der Waals surface area contributed by atoms with Crippen LogP contribution in [0.1, 0.15) is 23.2 Å². The molecule has 0 aliphatic carbocycles. The molecule has 23 heavy (non-hydrogen) atoms. The molecule has 0 radical (unpaired) electrons. The largest absolute Gasteiger partial charge is 0.445 e. The third-order valence-electron chi connectivity index (χ3n) is 4.55. The monoisotopic (exact) mass is 329 g/mol. The number of benzene rings is 1. The zero-order valence-corrected chi connectivity index (χ0v) is 13.6. The van der Waals surface area contributed by atoms with E-state index in [0.717, 1.165) is 23.9 Å². The van der Waals surface area contributed by atoms with Gasteiger partial charge in [0.25, 0.3) is 5.91 Å². The molecular formula is C17H19N3O2S. The van der Waals surface area contributed by atoms with Crippen molar-refractivity contribution in [3.8, 4) is 10.8 Å². The maximum Gasteiger partial charge on any atom is 0.251 e. The van der Waals surface area contributed by atoms with Crippen LogP contribution < -0.4 is 10.1 Å². The first-order chi connectivity index (χ1) is 11.3. The van der Waals surface area contributed by atoms with Gasteiger partial charge in [0.05, 0.1) is 11.7 Å². The van der Waals surface area contributed by atoms with E-state index < -0.39 is 0 Å². The first kappa shape index (κ1) is 14.7. The quantitative estimate of drug-likeness (QED) is 0.937. The lowest BCUT2D eigenvalue weighted by molar-refractivity contribution is 0.0909. The summed E-state index contributed by atoms with van der Waals surface area (Å²) in [6.45, 7) is 3.37. The molecule has 2 aromatic rings. The number of piperidine rings is 1. The Morgan fingerprint density at radius 3 is 2.91 bits per heavy atom. The van der Waals surface area contributed by atoms with E-state index in [4.69, 9.17) is 4.74 Å². The van der Waals surface area contributed by atoms with Crippen LogP contribution in [0.2, 0.25) is 0 Å². The van der Waals surface area contributed by atoms with E-state index in [0.29, 0.717) is 11.3 Å². The van der Waals surface area contributed by atoms with Crippen molar-refractivity contribution in [2.45, 2.75) is 18.9 Å². The molecule has 2 saturated heterocycles. The zero-order valence-electron chi connectivity index (χ0n) is 12.8. The molecule has 3 atom stereocenters. The number of carbonyl (C=O) groups excluding carboxylic acids is 1. The van der Waals surface area contributed by atoms with Gasteiger partial charge in [-0.15, -0.1) is 0 Å². The predicted molar refractivity (Wildman–Crippen MR) is 89.0 cm³/mol. The van der Waals surface area contributed by atoms with Gasteiger partial charge in [-0.3, -0.25) is 4.79 Å². The number of hydrogen-bond donors (Lipinski definition) is 1. The van der Waals surface area contributed by atoms with Crippen molar-refractivity contribution in [2.24, 2.45) is 5.92 Å². The molecule has 1 unspecified atom stereocenters. The summed E-state index contributed by atoms with van der Waals surface area (Å²) in [7, 11) is 0. The Balaban J connectivity index is 1.36. The van der Waals surface area contributed by atoms with Gasteiger partial charge < -0.3 is 15.0 Å². The zero-order chi connectivity index (χ0) is 15.6. The van der Waals surface area contributed by atoms with Gasteiger partial charge in [-0.05, 0) is 49.6 Å². The lowest BCUT2D eigenvalue weighted by Gasteiger charge is -2.30. The second kappa shape index (κ2) is 6.29. The summed E-state index contributed by atoms with van der Waals surface area (Å²) in [5.41, 5.74) is 2.40. The summed E-state index contributed by atoms with van der Waals surface area (Å²) < 4.78 is 5.66. The fourth-order valence-electron chi connectivity index (χ4n) is 3.48. The molecule has 0 spiro atoms. The fourth-order valence-corrected chi connectivity index (χ4v) is 3.97. The molecular weight excluding hydrogens is 310 g/mol. The van der Waals surface area contributed by atoms with Gasteiger partial charge >= 0.3 is 0 Å². The normalized spacial score (nSPS) is 26.0. The van der Waals surface area contributed by atoms with Crippen LogP contribution in [0.3, 0.4) is 0 Å². The summed E-state index contributed by atoms with van der Waals surface area (Å²) in [6.07, 6.45) is 4.06. The molecule has 2 bridgehead atoms. The number of ether oxygens (including phenoxy) is 1. The standard InChI is InChI=1S/C17H19N3O2S/c21-17(19-14-7-12-5-6-20(9-12)10-14)13-1-3-15(4-2-13)22-16-8-18-11-23-16/h1-4,8,11-12,14H,5-7,9-10H2,(H,19,21)/t12-,14-/m1/s1. The smallest absolute Gasteiger partial charge is 0.251 e. The van der Waals surface area contributed by atoms with E-state index in [9.17, 15) is 4.79 Å². The minimum atomic E-state index is 0.00170. The van der Waals surface area contributed by atoms with Gasteiger partial charge in [0, 0.05) is 24.7 Å². The van der Waals surface area contributed by atoms with Crippen molar-refractivity contribution in [1.82, 2.24) is 15.2 Å². The molecule has 3 heterocycles. The first-order valence-corrected chi connectivity index (χ1v) is 8.84. The van der Waals surface area contributed by atoms with E-state index in [-0.39, 0.29) is 11.9 Å². The molecule has 1 amide bonds. The number of hydrogen-bond acceptors (Lipinski definition) is 5. The molecule has 0 saturated carbocycles. The van der Waals surface area contributed by atoms with Gasteiger partial charge in [-0.2, -0.15) is 0 Å². The van der Waals surface area contributed by atoms with Crippen LogP contribution in [0.4, 0.5) is 0 Å². The van der Waals surface area contributed by atoms with E-state index in [1.165, 1.54) is 30.8 Å². The van der Waals surface area contributed by atoms with E-state index in [1.807, 2.05) is 24.3 Å². The molecule has 2 fully saturated rings. The minimum Gasteiger partial charge on any atom is -0.445 e. The second-order valence-electron chi connectivity index (χ2n) is 6.27. The Labute approximate surface area is 139 Å². The van der Waals surface area contributed by atoms with Crippen LogP contribution in [0.15, 0.2) is 36.0 Å². The van der Waals surface area contributed by atoms with Crippen LogP contribution in [0.5, 0.6) is 10.8 Å². The minimum absolute atomic E-state index is 0.00170. The highest BCUT2D eigenvalue weighted by Gasteiger charge is 2.32. The summed E-state index contributed by atoms with van der Waals surface area (Å²) in [5.74, 6) is 1.47. The molecule has 1 N–H and O–H groups in total. The number of nitrogens with one attached hydrogen (secondary N) is 1. The first-order valence-electron chi connectivity index (χ1n) is 7.96. The molecule has 1 aromatic heterocycles. The van der Waals surface area contributed by atoms with Crippen LogP contribution in [0.25, 0.3) is 0 Å². The summed E-state index contributed by atoms with van der Waals surface area (Å²) in [5, 5.41) is 3.92. The highest BCUT2D eigenvalue weighted by atomic mass is 32.1. The lowest BCUT2D eigenvalue weighted by atomic mass is 9.96. The van der Waals surface area contributed by atoms with Crippen molar-refractivity contribution in [3.63, 3.8) is 0 Å². The van der Waals surface area contributed by atoms with E-state index in [2.05, 4.69) is 15.2 Å². The summed E-state index contributed by atoms with van der Waals surface area (Å²) in [4.78, 5) is 18.8. The number of amides is 1. The maximum absolute atomic E-state index is 12.4. The average Bonchev–Trinajstić information content (AvgIpc) is 3.18. The number of thiazole rings is 1. The molecule has 2 aliphatic heterocycles. The van der Waals surface area contributed by atoms with Gasteiger partial charge in [0.15, 0.2) is 0 Å².